The normalized spacial score (nSPS) is 12.3. The number of benzene rings is 1. The number of pyridine rings is 1. The minimum absolute atomic E-state index is 0.438. The van der Waals surface area contributed by atoms with Crippen molar-refractivity contribution in [2.45, 2.75) is 25.9 Å². The molecule has 94 valence electrons. The summed E-state index contributed by atoms with van der Waals surface area (Å²) < 4.78 is 0.887. The first-order valence-electron chi connectivity index (χ1n) is 6.13. The van der Waals surface area contributed by atoms with Crippen molar-refractivity contribution in [3.63, 3.8) is 0 Å². The van der Waals surface area contributed by atoms with Crippen LogP contribution in [0.2, 0.25) is 0 Å². The van der Waals surface area contributed by atoms with Gasteiger partial charge in [-0.05, 0) is 47.0 Å². The van der Waals surface area contributed by atoms with E-state index in [1.54, 1.807) is 0 Å². The third kappa shape index (κ3) is 4.24. The van der Waals surface area contributed by atoms with E-state index in [0.717, 1.165) is 23.3 Å². The van der Waals surface area contributed by atoms with E-state index in [0.29, 0.717) is 6.04 Å². The number of hydrogen-bond acceptors (Lipinski definition) is 2. The molecular weight excluding hydrogens is 288 g/mol. The standard InChI is InChI=1S/C15H17BrN2/c1-12(10-13-6-3-2-4-7-13)17-11-14-8-5-9-15(16)18-14/h2-9,12,17H,10-11H2,1H3. The fraction of sp³-hybridized carbons (Fsp3) is 0.267. The average molecular weight is 305 g/mol. The summed E-state index contributed by atoms with van der Waals surface area (Å²) in [5.41, 5.74) is 2.42. The van der Waals surface area contributed by atoms with Crippen LogP contribution >= 0.6 is 15.9 Å². The Kier molecular flexibility index (Phi) is 4.90. The highest BCUT2D eigenvalue weighted by Gasteiger charge is 2.03. The molecule has 1 atom stereocenters. The number of nitrogens with one attached hydrogen (secondary N) is 1. The Balaban J connectivity index is 1.83. The predicted octanol–water partition coefficient (Wildman–Crippen LogP) is 3.56. The van der Waals surface area contributed by atoms with Crippen molar-refractivity contribution < 1.29 is 0 Å². The van der Waals surface area contributed by atoms with Gasteiger partial charge in [-0.1, -0.05) is 36.4 Å². The summed E-state index contributed by atoms with van der Waals surface area (Å²) in [6.07, 6.45) is 1.04. The zero-order valence-electron chi connectivity index (χ0n) is 10.4. The highest BCUT2D eigenvalue weighted by Crippen LogP contribution is 2.07. The molecule has 0 aliphatic carbocycles. The molecule has 18 heavy (non-hydrogen) atoms. The molecule has 1 N–H and O–H groups in total. The lowest BCUT2D eigenvalue weighted by Gasteiger charge is -2.13. The molecule has 0 bridgehead atoms. The zero-order chi connectivity index (χ0) is 12.8. The fourth-order valence-electron chi connectivity index (χ4n) is 1.87. The zero-order valence-corrected chi connectivity index (χ0v) is 12.0. The van der Waals surface area contributed by atoms with E-state index in [1.165, 1.54) is 5.56 Å². The Morgan fingerprint density at radius 3 is 2.61 bits per heavy atom. The van der Waals surface area contributed by atoms with Gasteiger partial charge in [-0.15, -0.1) is 0 Å². The summed E-state index contributed by atoms with van der Waals surface area (Å²) in [6, 6.07) is 17.0. The van der Waals surface area contributed by atoms with E-state index >= 15 is 0 Å². The summed E-state index contributed by atoms with van der Waals surface area (Å²) in [4.78, 5) is 4.41. The Bertz CT molecular complexity index is 485. The molecule has 0 spiro atoms. The van der Waals surface area contributed by atoms with E-state index in [-0.39, 0.29) is 0 Å². The van der Waals surface area contributed by atoms with Gasteiger partial charge in [0.1, 0.15) is 4.60 Å². The lowest BCUT2D eigenvalue weighted by atomic mass is 10.1. The van der Waals surface area contributed by atoms with E-state index in [4.69, 9.17) is 0 Å². The molecule has 2 rings (SSSR count). The number of halogens is 1. The van der Waals surface area contributed by atoms with Gasteiger partial charge in [0.15, 0.2) is 0 Å². The van der Waals surface area contributed by atoms with Gasteiger partial charge in [0.2, 0.25) is 0 Å². The molecular formula is C15H17BrN2. The van der Waals surface area contributed by atoms with Gasteiger partial charge in [-0.2, -0.15) is 0 Å². The van der Waals surface area contributed by atoms with E-state index in [9.17, 15) is 0 Å². The highest BCUT2D eigenvalue weighted by molar-refractivity contribution is 9.10. The molecule has 0 aliphatic rings. The Morgan fingerprint density at radius 2 is 1.89 bits per heavy atom. The van der Waals surface area contributed by atoms with Crippen LogP contribution in [-0.4, -0.2) is 11.0 Å². The Labute approximate surface area is 117 Å². The summed E-state index contributed by atoms with van der Waals surface area (Å²) >= 11 is 3.38. The monoisotopic (exact) mass is 304 g/mol. The van der Waals surface area contributed by atoms with Crippen molar-refractivity contribution in [1.82, 2.24) is 10.3 Å². The largest absolute Gasteiger partial charge is 0.308 e. The third-order valence-corrected chi connectivity index (χ3v) is 3.23. The van der Waals surface area contributed by atoms with Crippen molar-refractivity contribution in [1.29, 1.82) is 0 Å². The summed E-state index contributed by atoms with van der Waals surface area (Å²) in [6.45, 7) is 3.00. The van der Waals surface area contributed by atoms with Gasteiger partial charge in [-0.3, -0.25) is 0 Å². The first-order chi connectivity index (χ1) is 8.74. The maximum Gasteiger partial charge on any atom is 0.106 e. The molecule has 3 heteroatoms. The van der Waals surface area contributed by atoms with Crippen LogP contribution in [0.1, 0.15) is 18.2 Å². The second kappa shape index (κ2) is 6.66. The molecule has 0 saturated carbocycles. The fourth-order valence-corrected chi connectivity index (χ4v) is 2.25. The SMILES string of the molecule is CC(Cc1ccccc1)NCc1cccc(Br)n1. The predicted molar refractivity (Wildman–Crippen MR) is 78.4 cm³/mol. The quantitative estimate of drug-likeness (QED) is 0.854. The molecule has 1 heterocycles. The van der Waals surface area contributed by atoms with Gasteiger partial charge < -0.3 is 5.32 Å². The maximum atomic E-state index is 4.41. The van der Waals surface area contributed by atoms with Crippen LogP contribution in [0, 0.1) is 0 Å². The van der Waals surface area contributed by atoms with Crippen molar-refractivity contribution in [2.75, 3.05) is 0 Å². The first-order valence-corrected chi connectivity index (χ1v) is 6.92. The Morgan fingerprint density at radius 1 is 1.11 bits per heavy atom. The van der Waals surface area contributed by atoms with Crippen molar-refractivity contribution in [3.05, 3.63) is 64.4 Å². The second-order valence-corrected chi connectivity index (χ2v) is 5.24. The summed E-state index contributed by atoms with van der Waals surface area (Å²) in [7, 11) is 0. The molecule has 0 saturated heterocycles. The van der Waals surface area contributed by atoms with E-state index in [1.807, 2.05) is 24.3 Å². The molecule has 0 radical (unpaired) electrons. The first kappa shape index (κ1) is 13.2. The van der Waals surface area contributed by atoms with Gasteiger partial charge >= 0.3 is 0 Å². The minimum Gasteiger partial charge on any atom is -0.308 e. The molecule has 2 nitrogen and oxygen atoms in total. The van der Waals surface area contributed by atoms with Crippen molar-refractivity contribution in [3.8, 4) is 0 Å². The van der Waals surface area contributed by atoms with E-state index < -0.39 is 0 Å². The van der Waals surface area contributed by atoms with Crippen LogP contribution in [0.25, 0.3) is 0 Å². The molecule has 1 aromatic heterocycles. The number of aromatic nitrogens is 1. The van der Waals surface area contributed by atoms with Crippen molar-refractivity contribution in [2.24, 2.45) is 0 Å². The van der Waals surface area contributed by atoms with Crippen LogP contribution in [0.15, 0.2) is 53.1 Å². The van der Waals surface area contributed by atoms with Crippen LogP contribution in [0.3, 0.4) is 0 Å². The van der Waals surface area contributed by atoms with Crippen LogP contribution in [0.4, 0.5) is 0 Å². The third-order valence-electron chi connectivity index (χ3n) is 2.79. The van der Waals surface area contributed by atoms with Crippen molar-refractivity contribution >= 4 is 15.9 Å². The minimum atomic E-state index is 0.438. The Hall–Kier alpha value is -1.19. The molecule has 1 aromatic carbocycles. The second-order valence-electron chi connectivity index (χ2n) is 4.42. The molecule has 0 amide bonds. The van der Waals surface area contributed by atoms with Crippen LogP contribution in [-0.2, 0) is 13.0 Å². The smallest absolute Gasteiger partial charge is 0.106 e. The lowest BCUT2D eigenvalue weighted by molar-refractivity contribution is 0.539. The van der Waals surface area contributed by atoms with Gasteiger partial charge in [-0.25, -0.2) is 4.98 Å². The number of rotatable bonds is 5. The lowest BCUT2D eigenvalue weighted by Crippen LogP contribution is -2.27. The molecule has 2 aromatic rings. The van der Waals surface area contributed by atoms with Gasteiger partial charge in [0, 0.05) is 12.6 Å². The molecule has 0 fully saturated rings. The van der Waals surface area contributed by atoms with Crippen LogP contribution in [0.5, 0.6) is 0 Å². The maximum absolute atomic E-state index is 4.41. The summed E-state index contributed by atoms with van der Waals surface area (Å²) in [5.74, 6) is 0. The van der Waals surface area contributed by atoms with Gasteiger partial charge in [0.25, 0.3) is 0 Å². The topological polar surface area (TPSA) is 24.9 Å². The number of nitrogens with zero attached hydrogens (tertiary/aromatic N) is 1. The summed E-state index contributed by atoms with van der Waals surface area (Å²) in [5, 5.41) is 3.49. The van der Waals surface area contributed by atoms with Gasteiger partial charge in [0.05, 0.1) is 5.69 Å². The average Bonchev–Trinajstić information content (AvgIpc) is 2.38. The van der Waals surface area contributed by atoms with Crippen LogP contribution < -0.4 is 5.32 Å². The molecule has 0 aliphatic heterocycles. The van der Waals surface area contributed by atoms with E-state index in [2.05, 4.69) is 57.4 Å². The number of hydrogen-bond donors (Lipinski definition) is 1. The highest BCUT2D eigenvalue weighted by atomic mass is 79.9. The molecule has 1 unspecified atom stereocenters.